The summed E-state index contributed by atoms with van der Waals surface area (Å²) in [6.07, 6.45) is 1.47. The molecule has 0 atom stereocenters. The maximum Gasteiger partial charge on any atom is 0.282 e. The first-order chi connectivity index (χ1) is 14.9. The predicted octanol–water partition coefficient (Wildman–Crippen LogP) is 5.69. The first kappa shape index (κ1) is 21.2. The number of nitrogens with zero attached hydrogens (tertiary/aromatic N) is 1. The molecule has 0 aromatic heterocycles. The molecule has 0 saturated carbocycles. The van der Waals surface area contributed by atoms with Crippen LogP contribution < -0.4 is 15.2 Å². The lowest BCUT2D eigenvalue weighted by molar-refractivity contribution is -0.117. The third-order valence-electron chi connectivity index (χ3n) is 4.56. The van der Waals surface area contributed by atoms with Crippen LogP contribution in [0.2, 0.25) is 15.1 Å². The summed E-state index contributed by atoms with van der Waals surface area (Å²) in [6, 6.07) is 19.0. The topological polar surface area (TPSA) is 58.6 Å². The van der Waals surface area contributed by atoms with Crippen molar-refractivity contribution in [2.24, 2.45) is 0 Å². The Morgan fingerprint density at radius 2 is 1.68 bits per heavy atom. The van der Waals surface area contributed by atoms with Gasteiger partial charge in [0.15, 0.2) is 0 Å². The van der Waals surface area contributed by atoms with E-state index in [2.05, 4.69) is 5.43 Å². The molecule has 1 aliphatic heterocycles. The molecule has 0 radical (unpaired) electrons. The molecule has 8 heteroatoms. The summed E-state index contributed by atoms with van der Waals surface area (Å²) < 4.78 is 5.90. The Labute approximate surface area is 193 Å². The van der Waals surface area contributed by atoms with Gasteiger partial charge < -0.3 is 4.74 Å². The van der Waals surface area contributed by atoms with Gasteiger partial charge in [-0.25, -0.2) is 5.01 Å². The molecule has 4 rings (SSSR count). The number of halogens is 3. The van der Waals surface area contributed by atoms with Gasteiger partial charge in [0.1, 0.15) is 17.9 Å². The molecule has 0 aliphatic carbocycles. The van der Waals surface area contributed by atoms with Gasteiger partial charge in [-0.15, -0.1) is 0 Å². The maximum atomic E-state index is 12.8. The highest BCUT2D eigenvalue weighted by Crippen LogP contribution is 2.29. The number of carbonyl (C=O) groups excluding carboxylic acids is 2. The molecule has 0 spiro atoms. The van der Waals surface area contributed by atoms with Crippen LogP contribution in [-0.2, 0) is 16.2 Å². The van der Waals surface area contributed by atoms with Crippen LogP contribution in [0.3, 0.4) is 0 Å². The van der Waals surface area contributed by atoms with Gasteiger partial charge in [-0.05, 0) is 54.1 Å². The fourth-order valence-corrected chi connectivity index (χ4v) is 3.53. The van der Waals surface area contributed by atoms with Gasteiger partial charge in [0.05, 0.1) is 15.7 Å². The van der Waals surface area contributed by atoms with Crippen LogP contribution in [0.15, 0.2) is 72.3 Å². The van der Waals surface area contributed by atoms with E-state index in [4.69, 9.17) is 39.5 Å². The molecule has 0 unspecified atom stereocenters. The summed E-state index contributed by atoms with van der Waals surface area (Å²) in [7, 11) is 0. The second-order valence-electron chi connectivity index (χ2n) is 6.69. The number of para-hydroxylation sites is 1. The van der Waals surface area contributed by atoms with E-state index in [1.54, 1.807) is 60.7 Å². The van der Waals surface area contributed by atoms with Crippen molar-refractivity contribution in [2.45, 2.75) is 6.61 Å². The van der Waals surface area contributed by atoms with Crippen molar-refractivity contribution in [3.05, 3.63) is 98.5 Å². The van der Waals surface area contributed by atoms with Gasteiger partial charge in [0.2, 0.25) is 0 Å². The first-order valence-corrected chi connectivity index (χ1v) is 10.3. The highest BCUT2D eigenvalue weighted by atomic mass is 35.5. The number of hydrogen-bond donors (Lipinski definition) is 1. The molecule has 1 saturated heterocycles. The zero-order valence-electron chi connectivity index (χ0n) is 15.9. The molecule has 1 N–H and O–H groups in total. The molecule has 156 valence electrons. The van der Waals surface area contributed by atoms with Crippen molar-refractivity contribution in [3.63, 3.8) is 0 Å². The van der Waals surface area contributed by atoms with Crippen molar-refractivity contribution in [1.82, 2.24) is 5.43 Å². The zero-order valence-corrected chi connectivity index (χ0v) is 18.2. The van der Waals surface area contributed by atoms with Gasteiger partial charge in [-0.2, -0.15) is 0 Å². The van der Waals surface area contributed by atoms with Gasteiger partial charge in [-0.1, -0.05) is 59.1 Å². The molecule has 3 aromatic rings. The van der Waals surface area contributed by atoms with Crippen LogP contribution in [0.25, 0.3) is 6.08 Å². The van der Waals surface area contributed by atoms with Crippen molar-refractivity contribution in [2.75, 3.05) is 5.01 Å². The average Bonchev–Trinajstić information content (AvgIpc) is 3.04. The van der Waals surface area contributed by atoms with Crippen LogP contribution in [0, 0.1) is 0 Å². The van der Waals surface area contributed by atoms with E-state index in [1.165, 1.54) is 11.1 Å². The van der Waals surface area contributed by atoms with Gasteiger partial charge in [-0.3, -0.25) is 15.0 Å². The smallest absolute Gasteiger partial charge is 0.282 e. The molecular weight excluding hydrogens is 459 g/mol. The monoisotopic (exact) mass is 472 g/mol. The summed E-state index contributed by atoms with van der Waals surface area (Å²) in [5.74, 6) is -0.516. The number of carbonyl (C=O) groups is 2. The minimum Gasteiger partial charge on any atom is -0.488 e. The van der Waals surface area contributed by atoms with E-state index in [9.17, 15) is 9.59 Å². The van der Waals surface area contributed by atoms with E-state index >= 15 is 0 Å². The predicted molar refractivity (Wildman–Crippen MR) is 122 cm³/mol. The standard InChI is InChI=1S/C23H15Cl3N2O3/c24-16-7-9-21(31-13-14-6-8-19(25)20(26)10-14)15(11-16)12-18-22(29)27-28(23(18)30)17-4-2-1-3-5-17/h1-12H,13H2,(H,27,29)/b18-12-. The van der Waals surface area contributed by atoms with Crippen molar-refractivity contribution >= 4 is 58.4 Å². The zero-order chi connectivity index (χ0) is 22.0. The Hall–Kier alpha value is -2.99. The SMILES string of the molecule is O=C1NN(c2ccccc2)C(=O)/C1=C\c1cc(Cl)ccc1OCc1ccc(Cl)c(Cl)c1. The maximum absolute atomic E-state index is 12.8. The highest BCUT2D eigenvalue weighted by molar-refractivity contribution is 6.42. The molecule has 3 aromatic carbocycles. The normalized spacial score (nSPS) is 14.8. The van der Waals surface area contributed by atoms with Crippen LogP contribution in [0.1, 0.15) is 11.1 Å². The Morgan fingerprint density at radius 3 is 2.42 bits per heavy atom. The molecule has 0 bridgehead atoms. The lowest BCUT2D eigenvalue weighted by atomic mass is 10.1. The second kappa shape index (κ2) is 9.02. The van der Waals surface area contributed by atoms with E-state index in [1.807, 2.05) is 6.07 Å². The quantitative estimate of drug-likeness (QED) is 0.383. The third kappa shape index (κ3) is 4.69. The minimum absolute atomic E-state index is 0.0227. The average molecular weight is 474 g/mol. The van der Waals surface area contributed by atoms with Gasteiger partial charge in [0, 0.05) is 10.6 Å². The van der Waals surface area contributed by atoms with E-state index in [-0.39, 0.29) is 12.2 Å². The molecule has 1 aliphatic rings. The largest absolute Gasteiger partial charge is 0.488 e. The molecule has 31 heavy (non-hydrogen) atoms. The number of ether oxygens (including phenoxy) is 1. The van der Waals surface area contributed by atoms with Gasteiger partial charge in [0.25, 0.3) is 11.8 Å². The first-order valence-electron chi connectivity index (χ1n) is 9.21. The van der Waals surface area contributed by atoms with Crippen molar-refractivity contribution in [3.8, 4) is 5.75 Å². The number of anilines is 1. The molecule has 2 amide bonds. The van der Waals surface area contributed by atoms with Crippen LogP contribution >= 0.6 is 34.8 Å². The third-order valence-corrected chi connectivity index (χ3v) is 5.53. The van der Waals surface area contributed by atoms with Crippen molar-refractivity contribution in [1.29, 1.82) is 0 Å². The number of amides is 2. The fraction of sp³-hybridized carbons (Fsp3) is 0.0435. The summed E-state index contributed by atoms with van der Waals surface area (Å²) >= 11 is 18.1. The molecule has 1 heterocycles. The molecule has 1 fully saturated rings. The lowest BCUT2D eigenvalue weighted by Gasteiger charge is -2.14. The Kier molecular flexibility index (Phi) is 6.18. The summed E-state index contributed by atoms with van der Waals surface area (Å²) in [4.78, 5) is 25.3. The number of hydrazine groups is 1. The number of benzene rings is 3. The van der Waals surface area contributed by atoms with E-state index in [0.717, 1.165) is 5.56 Å². The van der Waals surface area contributed by atoms with E-state index in [0.29, 0.717) is 32.1 Å². The van der Waals surface area contributed by atoms with Crippen LogP contribution in [0.4, 0.5) is 5.69 Å². The fourth-order valence-electron chi connectivity index (χ4n) is 3.03. The van der Waals surface area contributed by atoms with E-state index < -0.39 is 11.8 Å². The molecule has 5 nitrogen and oxygen atoms in total. The summed E-state index contributed by atoms with van der Waals surface area (Å²) in [6.45, 7) is 0.213. The Bertz CT molecular complexity index is 1200. The molecular formula is C23H15Cl3N2O3. The van der Waals surface area contributed by atoms with Gasteiger partial charge >= 0.3 is 0 Å². The number of rotatable bonds is 5. The summed E-state index contributed by atoms with van der Waals surface area (Å²) in [5, 5.41) is 2.53. The summed E-state index contributed by atoms with van der Waals surface area (Å²) in [5.41, 5.74) is 4.42. The van der Waals surface area contributed by atoms with Crippen molar-refractivity contribution < 1.29 is 14.3 Å². The Balaban J connectivity index is 1.61. The van der Waals surface area contributed by atoms with Crippen LogP contribution in [0.5, 0.6) is 5.75 Å². The minimum atomic E-state index is -0.510. The lowest BCUT2D eigenvalue weighted by Crippen LogP contribution is -2.35. The number of hydrogen-bond acceptors (Lipinski definition) is 3. The Morgan fingerprint density at radius 1 is 0.903 bits per heavy atom. The number of nitrogens with one attached hydrogen (secondary N) is 1. The van der Waals surface area contributed by atoms with Crippen LogP contribution in [-0.4, -0.2) is 11.8 Å². The highest BCUT2D eigenvalue weighted by Gasteiger charge is 2.34. The second-order valence-corrected chi connectivity index (χ2v) is 7.95.